The number of halogens is 3. The molecule has 1 amide bonds. The molecule has 0 saturated heterocycles. The monoisotopic (exact) mass is 457 g/mol. The predicted molar refractivity (Wildman–Crippen MR) is 103 cm³/mol. The number of aryl methyl sites for hydroxylation is 1. The van der Waals surface area contributed by atoms with Crippen molar-refractivity contribution in [2.24, 2.45) is 0 Å². The van der Waals surface area contributed by atoms with Gasteiger partial charge >= 0.3 is 18.1 Å². The van der Waals surface area contributed by atoms with Gasteiger partial charge in [-0.25, -0.2) is 9.59 Å². The molecule has 1 heterocycles. The highest BCUT2D eigenvalue weighted by Crippen LogP contribution is 2.35. The highest BCUT2D eigenvalue weighted by molar-refractivity contribution is 6.00. The maximum absolute atomic E-state index is 12.8. The minimum absolute atomic E-state index is 0.0983. The first-order valence-electron chi connectivity index (χ1n) is 9.05. The normalized spacial score (nSPS) is 11.1. The highest BCUT2D eigenvalue weighted by atomic mass is 19.4. The Bertz CT molecular complexity index is 1080. The van der Waals surface area contributed by atoms with Crippen LogP contribution in [0, 0.1) is 24.0 Å². The van der Waals surface area contributed by atoms with Crippen LogP contribution in [0.5, 0.6) is 0 Å². The van der Waals surface area contributed by atoms with Crippen LogP contribution in [0.25, 0.3) is 0 Å². The molecule has 0 unspecified atom stereocenters. The van der Waals surface area contributed by atoms with Crippen molar-refractivity contribution in [3.05, 3.63) is 56.4 Å². The first kappa shape index (κ1) is 24.4. The summed E-state index contributed by atoms with van der Waals surface area (Å²) in [6.07, 6.45) is -4.81. The number of carbonyl (C=O) groups is 3. The van der Waals surface area contributed by atoms with Gasteiger partial charge in [0.25, 0.3) is 11.6 Å². The number of benzene rings is 1. The van der Waals surface area contributed by atoms with E-state index in [1.165, 1.54) is 13.8 Å². The van der Waals surface area contributed by atoms with Gasteiger partial charge in [0.15, 0.2) is 6.61 Å². The number of alkyl halides is 3. The number of anilines is 1. The van der Waals surface area contributed by atoms with Gasteiger partial charge in [-0.2, -0.15) is 13.2 Å². The fraction of sp³-hybridized carbons (Fsp3) is 0.316. The van der Waals surface area contributed by atoms with Crippen LogP contribution in [0.2, 0.25) is 0 Å². The van der Waals surface area contributed by atoms with Gasteiger partial charge in [0.2, 0.25) is 0 Å². The van der Waals surface area contributed by atoms with E-state index in [9.17, 15) is 37.7 Å². The number of nitrogens with zero attached hydrogens (tertiary/aromatic N) is 1. The standard InChI is InChI=1S/C19H18F3N3O7/c1-4-31-17(27)15-9(2)16(23-10(15)3)18(28)32-8-14(26)24-12-6-5-11(19(20,21)22)7-13(12)25(29)30/h5-7,23H,4,8H2,1-3H3,(H,24,26). The molecule has 10 nitrogen and oxygen atoms in total. The molecule has 0 spiro atoms. The summed E-state index contributed by atoms with van der Waals surface area (Å²) < 4.78 is 48.0. The van der Waals surface area contributed by atoms with E-state index >= 15 is 0 Å². The van der Waals surface area contributed by atoms with Crippen molar-refractivity contribution in [1.29, 1.82) is 0 Å². The van der Waals surface area contributed by atoms with Crippen LogP contribution in [-0.2, 0) is 20.4 Å². The maximum atomic E-state index is 12.8. The summed E-state index contributed by atoms with van der Waals surface area (Å²) >= 11 is 0. The number of ether oxygens (including phenoxy) is 2. The molecule has 0 fully saturated rings. The molecule has 0 saturated carbocycles. The summed E-state index contributed by atoms with van der Waals surface area (Å²) in [7, 11) is 0. The zero-order valence-corrected chi connectivity index (χ0v) is 17.1. The molecule has 0 aliphatic rings. The number of rotatable bonds is 7. The first-order chi connectivity index (χ1) is 14.9. The number of aromatic amines is 1. The van der Waals surface area contributed by atoms with E-state index in [2.05, 4.69) is 4.98 Å². The molecule has 1 aromatic heterocycles. The van der Waals surface area contributed by atoms with Gasteiger partial charge in [-0.05, 0) is 38.5 Å². The number of nitro groups is 1. The van der Waals surface area contributed by atoms with E-state index in [-0.39, 0.29) is 29.5 Å². The average molecular weight is 457 g/mol. The SMILES string of the molecule is CCOC(=O)c1c(C)[nH]c(C(=O)OCC(=O)Nc2ccc(C(F)(F)F)cc2[N+](=O)[O-])c1C. The molecule has 1 aromatic carbocycles. The predicted octanol–water partition coefficient (Wildman–Crippen LogP) is 3.53. The summed E-state index contributed by atoms with van der Waals surface area (Å²) in [6, 6.07) is 1.57. The van der Waals surface area contributed by atoms with Gasteiger partial charge in [0.05, 0.1) is 22.7 Å². The van der Waals surface area contributed by atoms with E-state index in [0.717, 1.165) is 6.07 Å². The molecule has 0 radical (unpaired) electrons. The Morgan fingerprint density at radius 3 is 2.38 bits per heavy atom. The Kier molecular flexibility index (Phi) is 7.23. The van der Waals surface area contributed by atoms with Crippen molar-refractivity contribution >= 4 is 29.2 Å². The van der Waals surface area contributed by atoms with E-state index < -0.39 is 52.5 Å². The fourth-order valence-corrected chi connectivity index (χ4v) is 2.82. The number of hydrogen-bond acceptors (Lipinski definition) is 7. The molecule has 0 aliphatic carbocycles. The summed E-state index contributed by atoms with van der Waals surface area (Å²) in [6.45, 7) is 3.86. The molecule has 0 aliphatic heterocycles. The third kappa shape index (κ3) is 5.42. The van der Waals surface area contributed by atoms with Gasteiger partial charge in [-0.1, -0.05) is 0 Å². The molecule has 2 rings (SSSR count). The summed E-state index contributed by atoms with van der Waals surface area (Å²) in [5, 5.41) is 13.1. The number of aromatic nitrogens is 1. The minimum atomic E-state index is -4.81. The third-order valence-electron chi connectivity index (χ3n) is 4.25. The summed E-state index contributed by atoms with van der Waals surface area (Å²) in [5.74, 6) is -2.66. The largest absolute Gasteiger partial charge is 0.462 e. The van der Waals surface area contributed by atoms with Crippen molar-refractivity contribution in [2.45, 2.75) is 26.9 Å². The zero-order valence-electron chi connectivity index (χ0n) is 17.1. The molecular formula is C19H18F3N3O7. The second-order valence-electron chi connectivity index (χ2n) is 6.46. The number of esters is 2. The lowest BCUT2D eigenvalue weighted by Gasteiger charge is -2.10. The van der Waals surface area contributed by atoms with Crippen LogP contribution in [0.15, 0.2) is 18.2 Å². The molecule has 2 N–H and O–H groups in total. The Morgan fingerprint density at radius 1 is 1.16 bits per heavy atom. The summed E-state index contributed by atoms with van der Waals surface area (Å²) in [4.78, 5) is 48.9. The van der Waals surface area contributed by atoms with E-state index in [1.54, 1.807) is 6.92 Å². The smallest absolute Gasteiger partial charge is 0.416 e. The van der Waals surface area contributed by atoms with E-state index in [1.807, 2.05) is 5.32 Å². The van der Waals surface area contributed by atoms with Crippen LogP contribution in [0.3, 0.4) is 0 Å². The van der Waals surface area contributed by atoms with Gasteiger partial charge in [0, 0.05) is 11.8 Å². The van der Waals surface area contributed by atoms with Crippen molar-refractivity contribution in [1.82, 2.24) is 4.98 Å². The molecule has 2 aromatic rings. The van der Waals surface area contributed by atoms with Crippen LogP contribution in [0.1, 0.15) is 44.6 Å². The Labute approximate surface area is 178 Å². The number of nitrogens with one attached hydrogen (secondary N) is 2. The number of carbonyl (C=O) groups excluding carboxylic acids is 3. The Morgan fingerprint density at radius 2 is 1.81 bits per heavy atom. The Balaban J connectivity index is 2.11. The molecule has 0 bridgehead atoms. The van der Waals surface area contributed by atoms with Gasteiger partial charge in [-0.3, -0.25) is 14.9 Å². The lowest BCUT2D eigenvalue weighted by molar-refractivity contribution is -0.384. The average Bonchev–Trinajstić information content (AvgIpc) is 2.99. The van der Waals surface area contributed by atoms with E-state index in [4.69, 9.17) is 9.47 Å². The van der Waals surface area contributed by atoms with Crippen LogP contribution in [-0.4, -0.2) is 41.0 Å². The fourth-order valence-electron chi connectivity index (χ4n) is 2.82. The topological polar surface area (TPSA) is 141 Å². The second-order valence-corrected chi connectivity index (χ2v) is 6.46. The molecule has 0 atom stereocenters. The van der Waals surface area contributed by atoms with Gasteiger partial charge < -0.3 is 19.8 Å². The number of hydrogen-bond donors (Lipinski definition) is 2. The Hall–Kier alpha value is -3.90. The maximum Gasteiger partial charge on any atom is 0.416 e. The van der Waals surface area contributed by atoms with Gasteiger partial charge in [0.1, 0.15) is 11.4 Å². The van der Waals surface area contributed by atoms with Crippen LogP contribution in [0.4, 0.5) is 24.5 Å². The van der Waals surface area contributed by atoms with Crippen LogP contribution >= 0.6 is 0 Å². The third-order valence-corrected chi connectivity index (χ3v) is 4.25. The van der Waals surface area contributed by atoms with Crippen molar-refractivity contribution in [3.8, 4) is 0 Å². The quantitative estimate of drug-likeness (QED) is 0.368. The van der Waals surface area contributed by atoms with E-state index in [0.29, 0.717) is 11.8 Å². The number of nitro benzene ring substituents is 1. The zero-order chi connectivity index (χ0) is 24.2. The highest BCUT2D eigenvalue weighted by Gasteiger charge is 2.33. The molecular weight excluding hydrogens is 439 g/mol. The molecule has 13 heteroatoms. The number of H-pyrrole nitrogens is 1. The molecule has 172 valence electrons. The lowest BCUT2D eigenvalue weighted by atomic mass is 10.1. The first-order valence-corrected chi connectivity index (χ1v) is 9.05. The molecule has 32 heavy (non-hydrogen) atoms. The van der Waals surface area contributed by atoms with Crippen LogP contribution < -0.4 is 5.32 Å². The lowest BCUT2D eigenvalue weighted by Crippen LogP contribution is -2.22. The second kappa shape index (κ2) is 9.49. The number of amides is 1. The summed E-state index contributed by atoms with van der Waals surface area (Å²) in [5.41, 5.74) is -2.11. The van der Waals surface area contributed by atoms with Crippen molar-refractivity contribution < 1.29 is 42.0 Å². The van der Waals surface area contributed by atoms with Gasteiger partial charge in [-0.15, -0.1) is 0 Å². The van der Waals surface area contributed by atoms with Crippen molar-refractivity contribution in [3.63, 3.8) is 0 Å². The van der Waals surface area contributed by atoms with Crippen molar-refractivity contribution in [2.75, 3.05) is 18.5 Å². The minimum Gasteiger partial charge on any atom is -0.462 e.